The van der Waals surface area contributed by atoms with E-state index in [1.807, 2.05) is 49.1 Å². The Bertz CT molecular complexity index is 935. The number of benzene rings is 2. The Balaban J connectivity index is 1.39. The summed E-state index contributed by atoms with van der Waals surface area (Å²) in [6, 6.07) is 13.1. The molecule has 2 fully saturated rings. The van der Waals surface area contributed by atoms with Crippen LogP contribution >= 0.6 is 0 Å². The number of phenolic OH excluding ortho intramolecular Hbond substituents is 1. The zero-order valence-corrected chi connectivity index (χ0v) is 17.0. The monoisotopic (exact) mass is 393 g/mol. The van der Waals surface area contributed by atoms with Gasteiger partial charge in [0.1, 0.15) is 5.75 Å². The first kappa shape index (κ1) is 19.3. The number of hydrogen-bond donors (Lipinski definition) is 1. The Morgan fingerprint density at radius 2 is 1.76 bits per heavy atom. The van der Waals surface area contributed by atoms with Gasteiger partial charge in [0.05, 0.1) is 5.92 Å². The van der Waals surface area contributed by atoms with Crippen LogP contribution in [0, 0.1) is 19.8 Å². The van der Waals surface area contributed by atoms with E-state index >= 15 is 0 Å². The molecule has 6 nitrogen and oxygen atoms in total. The van der Waals surface area contributed by atoms with E-state index in [0.717, 1.165) is 35.6 Å². The van der Waals surface area contributed by atoms with Gasteiger partial charge in [0.15, 0.2) is 0 Å². The van der Waals surface area contributed by atoms with Gasteiger partial charge < -0.3 is 19.8 Å². The molecule has 1 N–H and O–H groups in total. The fourth-order valence-corrected chi connectivity index (χ4v) is 4.27. The van der Waals surface area contributed by atoms with Gasteiger partial charge in [0.25, 0.3) is 0 Å². The third kappa shape index (κ3) is 3.79. The van der Waals surface area contributed by atoms with Crippen molar-refractivity contribution in [2.24, 2.45) is 5.92 Å². The summed E-state index contributed by atoms with van der Waals surface area (Å²) in [5.74, 6) is 0.0592. The summed E-state index contributed by atoms with van der Waals surface area (Å²) in [6.45, 7) is 7.20. The molecule has 1 atom stereocenters. The molecule has 0 radical (unpaired) electrons. The minimum Gasteiger partial charge on any atom is -0.508 e. The van der Waals surface area contributed by atoms with Gasteiger partial charge in [-0.2, -0.15) is 0 Å². The number of aromatic hydroxyl groups is 1. The maximum atomic E-state index is 13.1. The Kier molecular flexibility index (Phi) is 5.18. The Labute approximate surface area is 171 Å². The maximum Gasteiger partial charge on any atom is 0.228 e. The van der Waals surface area contributed by atoms with E-state index in [9.17, 15) is 14.7 Å². The number of anilines is 2. The molecule has 6 heteroatoms. The molecule has 0 saturated carbocycles. The van der Waals surface area contributed by atoms with Gasteiger partial charge in [-0.25, -0.2) is 0 Å². The molecule has 0 spiro atoms. The summed E-state index contributed by atoms with van der Waals surface area (Å²) < 4.78 is 0. The van der Waals surface area contributed by atoms with Crippen LogP contribution in [-0.4, -0.2) is 54.5 Å². The van der Waals surface area contributed by atoms with Crippen molar-refractivity contribution in [1.29, 1.82) is 0 Å². The summed E-state index contributed by atoms with van der Waals surface area (Å²) >= 11 is 0. The quantitative estimate of drug-likeness (QED) is 0.871. The fourth-order valence-electron chi connectivity index (χ4n) is 4.27. The van der Waals surface area contributed by atoms with Gasteiger partial charge in [-0.3, -0.25) is 9.59 Å². The molecule has 2 aliphatic heterocycles. The molecule has 2 aliphatic rings. The second-order valence-electron chi connectivity index (χ2n) is 7.96. The SMILES string of the molecule is Cc1cccc(N2CC(C(=O)N3CCN(c4cccc(O)c4)CC3)CC2=O)c1C. The Hall–Kier alpha value is -3.02. The highest BCUT2D eigenvalue weighted by atomic mass is 16.3. The second-order valence-corrected chi connectivity index (χ2v) is 7.96. The van der Waals surface area contributed by atoms with Crippen molar-refractivity contribution in [3.63, 3.8) is 0 Å². The van der Waals surface area contributed by atoms with Crippen molar-refractivity contribution < 1.29 is 14.7 Å². The molecular weight excluding hydrogens is 366 g/mol. The van der Waals surface area contributed by atoms with E-state index in [1.165, 1.54) is 0 Å². The van der Waals surface area contributed by atoms with Crippen molar-refractivity contribution >= 4 is 23.2 Å². The van der Waals surface area contributed by atoms with E-state index in [0.29, 0.717) is 19.6 Å². The number of carbonyl (C=O) groups is 2. The van der Waals surface area contributed by atoms with Crippen LogP contribution in [0.1, 0.15) is 17.5 Å². The minimum absolute atomic E-state index is 0.0236. The van der Waals surface area contributed by atoms with Crippen LogP contribution in [0.2, 0.25) is 0 Å². The smallest absolute Gasteiger partial charge is 0.228 e. The lowest BCUT2D eigenvalue weighted by molar-refractivity contribution is -0.136. The number of hydrogen-bond acceptors (Lipinski definition) is 4. The van der Waals surface area contributed by atoms with Crippen LogP contribution in [0.5, 0.6) is 5.75 Å². The zero-order valence-electron chi connectivity index (χ0n) is 17.0. The molecule has 29 heavy (non-hydrogen) atoms. The van der Waals surface area contributed by atoms with Gasteiger partial charge in [-0.1, -0.05) is 18.2 Å². The van der Waals surface area contributed by atoms with Crippen LogP contribution in [0.15, 0.2) is 42.5 Å². The van der Waals surface area contributed by atoms with Gasteiger partial charge >= 0.3 is 0 Å². The maximum absolute atomic E-state index is 13.1. The highest BCUT2D eigenvalue weighted by Gasteiger charge is 2.38. The largest absolute Gasteiger partial charge is 0.508 e. The number of nitrogens with zero attached hydrogens (tertiary/aromatic N) is 3. The average Bonchev–Trinajstić information content (AvgIpc) is 3.11. The summed E-state index contributed by atoms with van der Waals surface area (Å²) in [7, 11) is 0. The highest BCUT2D eigenvalue weighted by Crippen LogP contribution is 2.30. The molecule has 2 aromatic rings. The third-order valence-corrected chi connectivity index (χ3v) is 6.13. The van der Waals surface area contributed by atoms with Crippen molar-refractivity contribution in [2.75, 3.05) is 42.5 Å². The lowest BCUT2D eigenvalue weighted by Crippen LogP contribution is -2.50. The Morgan fingerprint density at radius 3 is 2.48 bits per heavy atom. The van der Waals surface area contributed by atoms with Crippen molar-refractivity contribution in [1.82, 2.24) is 4.90 Å². The first-order valence-corrected chi connectivity index (χ1v) is 10.1. The molecule has 0 aromatic heterocycles. The van der Waals surface area contributed by atoms with E-state index in [4.69, 9.17) is 0 Å². The molecule has 0 aliphatic carbocycles. The molecule has 152 valence electrons. The minimum atomic E-state index is -0.283. The van der Waals surface area contributed by atoms with Gasteiger partial charge in [-0.15, -0.1) is 0 Å². The first-order valence-electron chi connectivity index (χ1n) is 10.1. The number of aryl methyl sites for hydroxylation is 1. The average molecular weight is 393 g/mol. The number of phenols is 1. The molecule has 0 bridgehead atoms. The van der Waals surface area contributed by atoms with Crippen LogP contribution in [0.25, 0.3) is 0 Å². The predicted molar refractivity (Wildman–Crippen MR) is 113 cm³/mol. The first-order chi connectivity index (χ1) is 13.9. The topological polar surface area (TPSA) is 64.1 Å². The van der Waals surface area contributed by atoms with Crippen LogP contribution in [0.3, 0.4) is 0 Å². The molecule has 1 unspecified atom stereocenters. The number of amides is 2. The van der Waals surface area contributed by atoms with E-state index < -0.39 is 0 Å². The fraction of sp³-hybridized carbons (Fsp3) is 0.391. The molecule has 2 saturated heterocycles. The van der Waals surface area contributed by atoms with E-state index in [2.05, 4.69) is 4.90 Å². The Morgan fingerprint density at radius 1 is 1.03 bits per heavy atom. The van der Waals surface area contributed by atoms with E-state index in [1.54, 1.807) is 17.0 Å². The molecule has 2 aromatic carbocycles. The normalized spacial score (nSPS) is 19.7. The standard InChI is InChI=1S/C23H27N3O3/c1-16-5-3-8-21(17(16)2)26-15-18(13-22(26)28)23(29)25-11-9-24(10-12-25)19-6-4-7-20(27)14-19/h3-8,14,18,27H,9-13,15H2,1-2H3. The van der Waals surface area contributed by atoms with Crippen molar-refractivity contribution in [3.8, 4) is 5.75 Å². The summed E-state index contributed by atoms with van der Waals surface area (Å²) in [6.07, 6.45) is 0.277. The van der Waals surface area contributed by atoms with Crippen LogP contribution in [0.4, 0.5) is 11.4 Å². The van der Waals surface area contributed by atoms with Crippen LogP contribution in [-0.2, 0) is 9.59 Å². The molecule has 2 heterocycles. The van der Waals surface area contributed by atoms with Gasteiger partial charge in [0.2, 0.25) is 11.8 Å². The zero-order chi connectivity index (χ0) is 20.5. The summed E-state index contributed by atoms with van der Waals surface area (Å²) in [4.78, 5) is 31.5. The molecule has 4 rings (SSSR count). The number of rotatable bonds is 3. The lowest BCUT2D eigenvalue weighted by Gasteiger charge is -2.37. The molecule has 2 amide bonds. The predicted octanol–water partition coefficient (Wildman–Crippen LogP) is 2.71. The van der Waals surface area contributed by atoms with E-state index in [-0.39, 0.29) is 29.9 Å². The van der Waals surface area contributed by atoms with Crippen molar-refractivity contribution in [2.45, 2.75) is 20.3 Å². The number of carbonyl (C=O) groups excluding carboxylic acids is 2. The molecular formula is C23H27N3O3. The van der Waals surface area contributed by atoms with Gasteiger partial charge in [-0.05, 0) is 43.2 Å². The van der Waals surface area contributed by atoms with Gasteiger partial charge in [0, 0.05) is 56.6 Å². The number of piperazine rings is 1. The highest BCUT2D eigenvalue weighted by molar-refractivity contribution is 6.01. The van der Waals surface area contributed by atoms with Crippen LogP contribution < -0.4 is 9.80 Å². The summed E-state index contributed by atoms with van der Waals surface area (Å²) in [5.41, 5.74) is 4.12. The van der Waals surface area contributed by atoms with Crippen molar-refractivity contribution in [3.05, 3.63) is 53.6 Å². The summed E-state index contributed by atoms with van der Waals surface area (Å²) in [5, 5.41) is 9.68. The third-order valence-electron chi connectivity index (χ3n) is 6.13. The second kappa shape index (κ2) is 7.78. The lowest BCUT2D eigenvalue weighted by atomic mass is 10.1.